The van der Waals surface area contributed by atoms with E-state index in [1.807, 2.05) is 34.6 Å². The Hall–Kier alpha value is -0.0600. The van der Waals surface area contributed by atoms with E-state index in [0.717, 1.165) is 18.3 Å². The zero-order valence-electron chi connectivity index (χ0n) is 14.2. The first kappa shape index (κ1) is 21.0. The number of ether oxygens (including phenoxy) is 4. The maximum atomic E-state index is 6.01. The molecule has 0 heterocycles. The van der Waals surface area contributed by atoms with Gasteiger partial charge in [-0.05, 0) is 97.0 Å². The summed E-state index contributed by atoms with van der Waals surface area (Å²) in [7, 11) is 0. The van der Waals surface area contributed by atoms with Crippen molar-refractivity contribution in [1.82, 2.24) is 0 Å². The van der Waals surface area contributed by atoms with Crippen LogP contribution in [-0.2, 0) is 9.47 Å². The second-order valence-corrected chi connectivity index (χ2v) is 7.18. The minimum atomic E-state index is -0.366. The molecule has 1 aromatic carbocycles. The van der Waals surface area contributed by atoms with Crippen molar-refractivity contribution in [1.29, 1.82) is 0 Å². The fourth-order valence-corrected chi connectivity index (χ4v) is 3.65. The molecule has 0 saturated heterocycles. The van der Waals surface area contributed by atoms with Crippen LogP contribution in [0.25, 0.3) is 5.57 Å². The molecular formula is C17H24I2O4. The molecule has 0 amide bonds. The Morgan fingerprint density at radius 1 is 1.04 bits per heavy atom. The summed E-state index contributed by atoms with van der Waals surface area (Å²) in [5.41, 5.74) is 2.02. The van der Waals surface area contributed by atoms with Crippen LogP contribution in [0.3, 0.4) is 0 Å². The summed E-state index contributed by atoms with van der Waals surface area (Å²) in [6.07, 6.45) is -0.723. The van der Waals surface area contributed by atoms with Crippen molar-refractivity contribution in [2.45, 2.75) is 47.2 Å². The van der Waals surface area contributed by atoms with Crippen molar-refractivity contribution in [3.05, 3.63) is 25.3 Å². The van der Waals surface area contributed by atoms with Gasteiger partial charge >= 0.3 is 0 Å². The molecule has 2 unspecified atom stereocenters. The lowest BCUT2D eigenvalue weighted by Gasteiger charge is -2.23. The van der Waals surface area contributed by atoms with Crippen LogP contribution in [0.5, 0.6) is 11.5 Å². The van der Waals surface area contributed by atoms with Gasteiger partial charge in [0.2, 0.25) is 0 Å². The van der Waals surface area contributed by atoms with E-state index in [4.69, 9.17) is 18.9 Å². The second-order valence-electron chi connectivity index (χ2n) is 4.94. The summed E-state index contributed by atoms with van der Waals surface area (Å²) < 4.78 is 24.9. The summed E-state index contributed by atoms with van der Waals surface area (Å²) in [6.45, 7) is 14.8. The van der Waals surface area contributed by atoms with Crippen molar-refractivity contribution in [2.75, 3.05) is 13.2 Å². The van der Waals surface area contributed by atoms with Crippen LogP contribution in [0.4, 0.5) is 0 Å². The van der Waals surface area contributed by atoms with Gasteiger partial charge in [-0.2, -0.15) is 0 Å². The first-order valence-electron chi connectivity index (χ1n) is 7.56. The molecule has 0 saturated carbocycles. The zero-order chi connectivity index (χ0) is 17.6. The zero-order valence-corrected chi connectivity index (χ0v) is 18.6. The molecule has 130 valence electrons. The van der Waals surface area contributed by atoms with E-state index in [1.165, 1.54) is 0 Å². The van der Waals surface area contributed by atoms with Gasteiger partial charge < -0.3 is 18.9 Å². The van der Waals surface area contributed by atoms with Gasteiger partial charge in [0.05, 0.1) is 7.14 Å². The maximum absolute atomic E-state index is 6.01. The van der Waals surface area contributed by atoms with Gasteiger partial charge in [-0.25, -0.2) is 0 Å². The minimum Gasteiger partial charge on any atom is -0.460 e. The Kier molecular flexibility index (Phi) is 9.17. The van der Waals surface area contributed by atoms with Crippen molar-refractivity contribution in [3.63, 3.8) is 0 Å². The average Bonchev–Trinajstić information content (AvgIpc) is 2.46. The van der Waals surface area contributed by atoms with Gasteiger partial charge in [0, 0.05) is 13.2 Å². The fraction of sp³-hybridized carbons (Fsp3) is 0.529. The van der Waals surface area contributed by atoms with Crippen molar-refractivity contribution in [2.24, 2.45) is 0 Å². The van der Waals surface area contributed by atoms with Crippen LogP contribution in [0, 0.1) is 7.14 Å². The van der Waals surface area contributed by atoms with Crippen molar-refractivity contribution < 1.29 is 18.9 Å². The largest absolute Gasteiger partial charge is 0.460 e. The topological polar surface area (TPSA) is 36.9 Å². The van der Waals surface area contributed by atoms with Crippen molar-refractivity contribution in [3.8, 4) is 11.5 Å². The number of rotatable bonds is 9. The van der Waals surface area contributed by atoms with Crippen molar-refractivity contribution >= 4 is 50.8 Å². The number of hydrogen-bond donors (Lipinski definition) is 0. The normalized spacial score (nSPS) is 13.5. The molecule has 0 N–H and O–H groups in total. The molecule has 6 heteroatoms. The highest BCUT2D eigenvalue weighted by molar-refractivity contribution is 14.1. The SMILES string of the molecule is C=C(C)c1cc(I)c(OC(C)OCC)c(OC(C)OCC)c1I. The Balaban J connectivity index is 3.29. The molecule has 0 aliphatic heterocycles. The van der Waals surface area contributed by atoms with Gasteiger partial charge in [0.1, 0.15) is 0 Å². The number of hydrogen-bond acceptors (Lipinski definition) is 4. The Morgan fingerprint density at radius 3 is 1.96 bits per heavy atom. The highest BCUT2D eigenvalue weighted by Crippen LogP contribution is 2.42. The third kappa shape index (κ3) is 6.06. The lowest BCUT2D eigenvalue weighted by molar-refractivity contribution is -0.0773. The molecule has 0 aromatic heterocycles. The summed E-state index contributed by atoms with van der Waals surface area (Å²) in [5, 5.41) is 0. The standard InChI is InChI=1S/C17H24I2O4/c1-7-20-11(5)22-16-14(18)9-13(10(3)4)15(19)17(16)23-12(6)21-8-2/h9,11-12H,3,7-8H2,1-2,4-6H3. The van der Waals surface area contributed by atoms with Crippen LogP contribution < -0.4 is 9.47 Å². The third-order valence-electron chi connectivity index (χ3n) is 2.96. The van der Waals surface area contributed by atoms with Crippen LogP contribution in [-0.4, -0.2) is 25.8 Å². The summed E-state index contributed by atoms with van der Waals surface area (Å²) in [5.74, 6) is 1.34. The molecule has 0 spiro atoms. The molecule has 0 aliphatic carbocycles. The smallest absolute Gasteiger partial charge is 0.197 e. The molecule has 0 bridgehead atoms. The number of halogens is 2. The number of benzene rings is 1. The molecule has 4 nitrogen and oxygen atoms in total. The van der Waals surface area contributed by atoms with Gasteiger partial charge in [-0.3, -0.25) is 0 Å². The summed E-state index contributed by atoms with van der Waals surface area (Å²) >= 11 is 4.51. The molecule has 1 aromatic rings. The predicted octanol–water partition coefficient (Wildman–Crippen LogP) is 5.45. The van der Waals surface area contributed by atoms with E-state index in [9.17, 15) is 0 Å². The second kappa shape index (κ2) is 10.0. The van der Waals surface area contributed by atoms with E-state index in [0.29, 0.717) is 24.7 Å². The quantitative estimate of drug-likeness (QED) is 0.305. The highest BCUT2D eigenvalue weighted by Gasteiger charge is 2.22. The predicted molar refractivity (Wildman–Crippen MR) is 110 cm³/mol. The van der Waals surface area contributed by atoms with Crippen LogP contribution in [0.1, 0.15) is 40.2 Å². The van der Waals surface area contributed by atoms with Crippen LogP contribution >= 0.6 is 45.2 Å². The lowest BCUT2D eigenvalue weighted by atomic mass is 10.1. The molecule has 0 fully saturated rings. The molecule has 0 radical (unpaired) electrons. The Labute approximate surface area is 166 Å². The number of allylic oxidation sites excluding steroid dienone is 1. The summed E-state index contributed by atoms with van der Waals surface area (Å²) in [4.78, 5) is 0. The molecule has 2 atom stereocenters. The van der Waals surface area contributed by atoms with Crippen LogP contribution in [0.2, 0.25) is 0 Å². The maximum Gasteiger partial charge on any atom is 0.197 e. The van der Waals surface area contributed by atoms with E-state index in [1.54, 1.807) is 0 Å². The van der Waals surface area contributed by atoms with E-state index in [-0.39, 0.29) is 12.6 Å². The monoisotopic (exact) mass is 546 g/mol. The molecular weight excluding hydrogens is 522 g/mol. The molecule has 23 heavy (non-hydrogen) atoms. The average molecular weight is 546 g/mol. The summed E-state index contributed by atoms with van der Waals surface area (Å²) in [6, 6.07) is 2.05. The van der Waals surface area contributed by atoms with Gasteiger partial charge in [-0.15, -0.1) is 0 Å². The molecule has 0 aliphatic rings. The van der Waals surface area contributed by atoms with E-state index in [2.05, 4.69) is 57.8 Å². The third-order valence-corrected chi connectivity index (χ3v) is 4.83. The van der Waals surface area contributed by atoms with E-state index < -0.39 is 0 Å². The Bertz CT molecular complexity index is 546. The van der Waals surface area contributed by atoms with Gasteiger partial charge in [0.15, 0.2) is 24.1 Å². The first-order chi connectivity index (χ1) is 10.8. The van der Waals surface area contributed by atoms with Crippen LogP contribution in [0.15, 0.2) is 12.6 Å². The minimum absolute atomic E-state index is 0.357. The Morgan fingerprint density at radius 2 is 1.52 bits per heavy atom. The molecule has 1 rings (SSSR count). The van der Waals surface area contributed by atoms with E-state index >= 15 is 0 Å². The lowest BCUT2D eigenvalue weighted by Crippen LogP contribution is -2.21. The fourth-order valence-electron chi connectivity index (χ4n) is 1.98. The van der Waals surface area contributed by atoms with Gasteiger partial charge in [-0.1, -0.05) is 6.58 Å². The first-order valence-corrected chi connectivity index (χ1v) is 9.71. The highest BCUT2D eigenvalue weighted by atomic mass is 127. The van der Waals surface area contributed by atoms with Gasteiger partial charge in [0.25, 0.3) is 0 Å².